The summed E-state index contributed by atoms with van der Waals surface area (Å²) in [6.45, 7) is 5.80. The topological polar surface area (TPSA) is 167 Å². The molecule has 240 valence electrons. The molecule has 2 aromatic heterocycles. The van der Waals surface area contributed by atoms with E-state index in [9.17, 15) is 24.0 Å². The minimum atomic E-state index is -1.45. The van der Waals surface area contributed by atoms with Crippen LogP contribution in [0.1, 0.15) is 33.5 Å². The summed E-state index contributed by atoms with van der Waals surface area (Å²) in [4.78, 5) is 66.1. The van der Waals surface area contributed by atoms with Crippen LogP contribution in [0.15, 0.2) is 63.8 Å². The average Bonchev–Trinajstić information content (AvgIpc) is 2.98. The number of carbonyl (C=O) groups excluding carboxylic acids is 4. The second-order valence-electron chi connectivity index (χ2n) is 10.6. The highest BCUT2D eigenvalue weighted by atomic mass is 16.7. The SMILES string of the molecule is CC(=O)OC[C@@H]1O[C@H](Oc2ccc3c(=O)c(-c4ccc5ccccc5n4)c(C)oc3c2)[C@@H](OC(C)=O)[C@@H](OC(C)=O)[C@@H]1OC(C)=O. The zero-order valence-corrected chi connectivity index (χ0v) is 25.6. The number of ether oxygens (including phenoxy) is 6. The third kappa shape index (κ3) is 6.99. The van der Waals surface area contributed by atoms with E-state index in [1.54, 1.807) is 13.0 Å². The van der Waals surface area contributed by atoms with Crippen molar-refractivity contribution < 1.29 is 52.0 Å². The van der Waals surface area contributed by atoms with E-state index < -0.39 is 61.2 Å². The zero-order chi connectivity index (χ0) is 33.1. The first kappa shape index (κ1) is 32.1. The van der Waals surface area contributed by atoms with Gasteiger partial charge in [0.05, 0.1) is 22.2 Å². The molecule has 3 heterocycles. The first-order valence-electron chi connectivity index (χ1n) is 14.3. The number of pyridine rings is 1. The number of hydrogen-bond donors (Lipinski definition) is 0. The highest BCUT2D eigenvalue weighted by Gasteiger charge is 2.53. The number of nitrogens with zero attached hydrogens (tertiary/aromatic N) is 1. The van der Waals surface area contributed by atoms with Crippen LogP contribution in [0.2, 0.25) is 0 Å². The maximum absolute atomic E-state index is 13.6. The van der Waals surface area contributed by atoms with Crippen LogP contribution in [0, 0.1) is 6.92 Å². The molecule has 46 heavy (non-hydrogen) atoms. The van der Waals surface area contributed by atoms with Crippen molar-refractivity contribution in [3.63, 3.8) is 0 Å². The van der Waals surface area contributed by atoms with E-state index in [4.69, 9.17) is 32.8 Å². The molecule has 0 bridgehead atoms. The van der Waals surface area contributed by atoms with Gasteiger partial charge >= 0.3 is 23.9 Å². The Morgan fingerprint density at radius 1 is 0.804 bits per heavy atom. The van der Waals surface area contributed by atoms with Gasteiger partial charge < -0.3 is 32.8 Å². The maximum atomic E-state index is 13.6. The fourth-order valence-corrected chi connectivity index (χ4v) is 5.28. The molecule has 1 saturated heterocycles. The van der Waals surface area contributed by atoms with Gasteiger partial charge in [-0.15, -0.1) is 0 Å². The van der Waals surface area contributed by atoms with Crippen molar-refractivity contribution in [3.8, 4) is 17.0 Å². The van der Waals surface area contributed by atoms with Crippen molar-refractivity contribution >= 4 is 45.7 Å². The minimum absolute atomic E-state index is 0.132. The van der Waals surface area contributed by atoms with Crippen LogP contribution < -0.4 is 10.2 Å². The number of benzene rings is 2. The third-order valence-electron chi connectivity index (χ3n) is 7.09. The van der Waals surface area contributed by atoms with E-state index in [0.29, 0.717) is 17.0 Å². The van der Waals surface area contributed by atoms with E-state index >= 15 is 0 Å². The fourth-order valence-electron chi connectivity index (χ4n) is 5.28. The summed E-state index contributed by atoms with van der Waals surface area (Å²) in [5, 5.41) is 1.18. The lowest BCUT2D eigenvalue weighted by molar-refractivity contribution is -0.288. The molecule has 0 N–H and O–H groups in total. The molecule has 2 aromatic carbocycles. The highest BCUT2D eigenvalue weighted by Crippen LogP contribution is 2.32. The van der Waals surface area contributed by atoms with Gasteiger partial charge in [0.25, 0.3) is 0 Å². The Balaban J connectivity index is 1.51. The summed E-state index contributed by atoms with van der Waals surface area (Å²) in [6.07, 6.45) is -6.80. The Kier molecular flexibility index (Phi) is 9.33. The van der Waals surface area contributed by atoms with E-state index in [1.165, 1.54) is 25.1 Å². The third-order valence-corrected chi connectivity index (χ3v) is 7.09. The minimum Gasteiger partial charge on any atom is -0.463 e. The summed E-state index contributed by atoms with van der Waals surface area (Å²) >= 11 is 0. The summed E-state index contributed by atoms with van der Waals surface area (Å²) in [5.74, 6) is -2.48. The van der Waals surface area contributed by atoms with Gasteiger partial charge in [0.15, 0.2) is 12.2 Å². The number of hydrogen-bond acceptors (Lipinski definition) is 13. The zero-order valence-electron chi connectivity index (χ0n) is 25.6. The molecule has 4 aromatic rings. The van der Waals surface area contributed by atoms with Crippen LogP contribution in [0.3, 0.4) is 0 Å². The Hall–Kier alpha value is -5.30. The van der Waals surface area contributed by atoms with Crippen molar-refractivity contribution in [2.24, 2.45) is 0 Å². The second kappa shape index (κ2) is 13.4. The van der Waals surface area contributed by atoms with Crippen molar-refractivity contribution in [1.29, 1.82) is 0 Å². The molecule has 1 aliphatic rings. The quantitative estimate of drug-likeness (QED) is 0.203. The predicted octanol–water partition coefficient (Wildman–Crippen LogP) is 3.78. The van der Waals surface area contributed by atoms with E-state index in [0.717, 1.165) is 31.7 Å². The van der Waals surface area contributed by atoms with Crippen LogP contribution in [0.25, 0.3) is 33.1 Å². The predicted molar refractivity (Wildman–Crippen MR) is 161 cm³/mol. The standard InChI is InChI=1S/C33H31NO12/c1-16-28(25-13-10-21-8-6-7-9-24(21)34-25)29(39)23-12-11-22(14-26(23)41-16)45-33-32(44-20(5)38)31(43-19(4)37)30(42-18(3)36)27(46-33)15-40-17(2)35/h6-14,27,30-33H,15H2,1-5H3/t27-,30+,31-,32-,33-/m0/s1. The van der Waals surface area contributed by atoms with Crippen molar-refractivity contribution in [2.75, 3.05) is 6.61 Å². The molecule has 13 heteroatoms. The highest BCUT2D eigenvalue weighted by molar-refractivity contribution is 5.86. The summed E-state index contributed by atoms with van der Waals surface area (Å²) in [5.41, 5.74) is 1.39. The number of carbonyl (C=O) groups is 4. The molecule has 1 aliphatic heterocycles. The normalized spacial score (nSPS) is 20.9. The molecule has 5 rings (SSSR count). The average molecular weight is 634 g/mol. The number of fused-ring (bicyclic) bond motifs is 2. The van der Waals surface area contributed by atoms with Crippen molar-refractivity contribution in [2.45, 2.75) is 65.3 Å². The van der Waals surface area contributed by atoms with Gasteiger partial charge in [0.2, 0.25) is 17.8 Å². The van der Waals surface area contributed by atoms with E-state index in [1.807, 2.05) is 30.3 Å². The number of para-hydroxylation sites is 1. The van der Waals surface area contributed by atoms with Crippen molar-refractivity contribution in [3.05, 3.63) is 70.6 Å². The molecule has 0 unspecified atom stereocenters. The number of rotatable bonds is 8. The second-order valence-corrected chi connectivity index (χ2v) is 10.6. The lowest BCUT2D eigenvalue weighted by Crippen LogP contribution is -2.63. The van der Waals surface area contributed by atoms with E-state index in [-0.39, 0.29) is 22.1 Å². The van der Waals surface area contributed by atoms with Gasteiger partial charge in [-0.3, -0.25) is 24.0 Å². The Bertz CT molecular complexity index is 1880. The molecule has 0 saturated carbocycles. The van der Waals surface area contributed by atoms with Gasteiger partial charge in [-0.2, -0.15) is 0 Å². The van der Waals surface area contributed by atoms with Crippen molar-refractivity contribution in [1.82, 2.24) is 4.98 Å². The van der Waals surface area contributed by atoms with Crippen LogP contribution in [0.4, 0.5) is 0 Å². The lowest BCUT2D eigenvalue weighted by Gasteiger charge is -2.43. The maximum Gasteiger partial charge on any atom is 0.303 e. The summed E-state index contributed by atoms with van der Waals surface area (Å²) < 4.78 is 39.5. The van der Waals surface area contributed by atoms with Crippen LogP contribution in [0.5, 0.6) is 5.75 Å². The Morgan fingerprint density at radius 2 is 1.48 bits per heavy atom. The molecule has 0 spiro atoms. The molecular formula is C33H31NO12. The molecule has 5 atom stereocenters. The first-order chi connectivity index (χ1) is 21.9. The fraction of sp³-hybridized carbons (Fsp3) is 0.333. The van der Waals surface area contributed by atoms with Gasteiger partial charge in [-0.1, -0.05) is 24.3 Å². The molecule has 13 nitrogen and oxygen atoms in total. The summed E-state index contributed by atoms with van der Waals surface area (Å²) in [7, 11) is 0. The van der Waals surface area contributed by atoms with E-state index in [2.05, 4.69) is 4.98 Å². The first-order valence-corrected chi connectivity index (χ1v) is 14.3. The molecule has 0 radical (unpaired) electrons. The smallest absolute Gasteiger partial charge is 0.303 e. The monoisotopic (exact) mass is 633 g/mol. The van der Waals surface area contributed by atoms with Gasteiger partial charge in [-0.25, -0.2) is 4.98 Å². The van der Waals surface area contributed by atoms with Crippen LogP contribution in [-0.4, -0.2) is 66.2 Å². The molecule has 0 aliphatic carbocycles. The van der Waals surface area contributed by atoms with Gasteiger partial charge in [0, 0.05) is 39.1 Å². The van der Waals surface area contributed by atoms with Crippen LogP contribution in [-0.2, 0) is 42.9 Å². The summed E-state index contributed by atoms with van der Waals surface area (Å²) in [6, 6.07) is 15.6. The van der Waals surface area contributed by atoms with Crippen LogP contribution >= 0.6 is 0 Å². The lowest BCUT2D eigenvalue weighted by atomic mass is 9.98. The van der Waals surface area contributed by atoms with Gasteiger partial charge in [-0.05, 0) is 31.2 Å². The molecule has 1 fully saturated rings. The number of aromatic nitrogens is 1. The number of esters is 4. The largest absolute Gasteiger partial charge is 0.463 e. The Labute approximate surface area is 262 Å². The number of aryl methyl sites for hydroxylation is 1. The molecular weight excluding hydrogens is 602 g/mol. The Morgan fingerprint density at radius 3 is 2.17 bits per heavy atom. The molecule has 0 amide bonds. The van der Waals surface area contributed by atoms with Gasteiger partial charge in [0.1, 0.15) is 29.8 Å².